The number of carbonyl (C=O) groups excluding carboxylic acids is 1. The van der Waals surface area contributed by atoms with Crippen molar-refractivity contribution in [1.82, 2.24) is 5.32 Å². The van der Waals surface area contributed by atoms with Crippen molar-refractivity contribution in [2.75, 3.05) is 19.8 Å². The number of carbonyl (C=O) groups is 1. The highest BCUT2D eigenvalue weighted by molar-refractivity contribution is 5.94. The van der Waals surface area contributed by atoms with Gasteiger partial charge in [0.15, 0.2) is 0 Å². The van der Waals surface area contributed by atoms with Crippen LogP contribution < -0.4 is 5.32 Å². The molecule has 1 amide bonds. The Balaban J connectivity index is 2.53. The zero-order valence-corrected chi connectivity index (χ0v) is 11.0. The number of amides is 1. The van der Waals surface area contributed by atoms with Gasteiger partial charge in [-0.2, -0.15) is 4.39 Å². The van der Waals surface area contributed by atoms with E-state index in [0.717, 1.165) is 17.7 Å². The lowest BCUT2D eigenvalue weighted by molar-refractivity contribution is -0.387. The molecule has 0 bridgehead atoms. The average Bonchev–Trinajstić information content (AvgIpc) is 2.37. The fraction of sp³-hybridized carbons (Fsp3) is 0.308. The lowest BCUT2D eigenvalue weighted by Crippen LogP contribution is -2.27. The summed E-state index contributed by atoms with van der Waals surface area (Å²) in [6, 6.07) is 2.98. The maximum Gasteiger partial charge on any atom is 0.305 e. The van der Waals surface area contributed by atoms with Crippen molar-refractivity contribution in [2.45, 2.75) is 6.92 Å². The minimum atomic E-state index is -0.976. The van der Waals surface area contributed by atoms with E-state index in [1.54, 1.807) is 0 Å². The number of nitrogens with zero attached hydrogens (tertiary/aromatic N) is 1. The Morgan fingerprint density at radius 1 is 1.55 bits per heavy atom. The molecule has 108 valence electrons. The highest BCUT2D eigenvalue weighted by Crippen LogP contribution is 2.18. The predicted molar refractivity (Wildman–Crippen MR) is 71.0 cm³/mol. The predicted octanol–water partition coefficient (Wildman–Crippen LogP) is 2.06. The molecule has 0 aliphatic carbocycles. The summed E-state index contributed by atoms with van der Waals surface area (Å²) in [5, 5.41) is 13.1. The summed E-state index contributed by atoms with van der Waals surface area (Å²) < 4.78 is 18.3. The van der Waals surface area contributed by atoms with Crippen molar-refractivity contribution in [1.29, 1.82) is 0 Å². The van der Waals surface area contributed by atoms with E-state index in [2.05, 4.69) is 11.9 Å². The molecule has 0 aromatic heterocycles. The van der Waals surface area contributed by atoms with Crippen molar-refractivity contribution in [3.63, 3.8) is 0 Å². The second-order valence-corrected chi connectivity index (χ2v) is 4.19. The molecule has 0 unspecified atom stereocenters. The van der Waals surface area contributed by atoms with Gasteiger partial charge in [-0.05, 0) is 19.1 Å². The smallest absolute Gasteiger partial charge is 0.305 e. The van der Waals surface area contributed by atoms with Crippen molar-refractivity contribution >= 4 is 11.6 Å². The Hall–Kier alpha value is -2.28. The summed E-state index contributed by atoms with van der Waals surface area (Å²) in [6.07, 6.45) is 0. The fourth-order valence-electron chi connectivity index (χ4n) is 1.38. The van der Waals surface area contributed by atoms with E-state index in [1.165, 1.54) is 6.07 Å². The van der Waals surface area contributed by atoms with Crippen molar-refractivity contribution in [2.24, 2.45) is 0 Å². The zero-order valence-electron chi connectivity index (χ0n) is 11.0. The molecule has 0 saturated heterocycles. The van der Waals surface area contributed by atoms with Crippen LogP contribution in [0.3, 0.4) is 0 Å². The summed E-state index contributed by atoms with van der Waals surface area (Å²) in [7, 11) is 0. The first-order valence-electron chi connectivity index (χ1n) is 5.86. The van der Waals surface area contributed by atoms with E-state index in [0.29, 0.717) is 13.2 Å². The van der Waals surface area contributed by atoms with Gasteiger partial charge in [-0.3, -0.25) is 14.9 Å². The van der Waals surface area contributed by atoms with Gasteiger partial charge in [0.2, 0.25) is 5.82 Å². The average molecular weight is 282 g/mol. The Kier molecular flexibility index (Phi) is 5.79. The molecule has 1 rings (SSSR count). The van der Waals surface area contributed by atoms with Crippen LogP contribution in [-0.2, 0) is 4.74 Å². The normalized spacial score (nSPS) is 10.1. The van der Waals surface area contributed by atoms with Crippen LogP contribution in [0, 0.1) is 15.9 Å². The first kappa shape index (κ1) is 15.8. The number of nitro groups is 1. The van der Waals surface area contributed by atoms with Gasteiger partial charge < -0.3 is 10.1 Å². The number of hydrogen-bond donors (Lipinski definition) is 1. The summed E-state index contributed by atoms with van der Waals surface area (Å²) in [6.45, 7) is 6.42. The molecule has 0 atom stereocenters. The number of nitro benzene ring substituents is 1. The number of hydrogen-bond acceptors (Lipinski definition) is 4. The highest BCUT2D eigenvalue weighted by atomic mass is 19.1. The third kappa shape index (κ3) is 4.77. The van der Waals surface area contributed by atoms with Crippen LogP contribution >= 0.6 is 0 Å². The minimum Gasteiger partial charge on any atom is -0.375 e. The molecule has 0 heterocycles. The standard InChI is InChI=1S/C13H15FN2O4/c1-9(2)8-20-6-5-15-13(17)10-3-4-11(14)12(7-10)16(18)19/h3-4,7H,1,5-6,8H2,2H3,(H,15,17). The van der Waals surface area contributed by atoms with Gasteiger partial charge in [-0.1, -0.05) is 12.2 Å². The lowest BCUT2D eigenvalue weighted by atomic mass is 10.2. The quantitative estimate of drug-likeness (QED) is 0.359. The molecule has 1 aromatic carbocycles. The van der Waals surface area contributed by atoms with Gasteiger partial charge in [-0.15, -0.1) is 0 Å². The van der Waals surface area contributed by atoms with Gasteiger partial charge in [0.05, 0.1) is 18.1 Å². The Labute approximate surface area is 115 Å². The maximum atomic E-state index is 13.1. The number of ether oxygens (including phenoxy) is 1. The molecule has 20 heavy (non-hydrogen) atoms. The van der Waals surface area contributed by atoms with E-state index in [9.17, 15) is 19.3 Å². The van der Waals surface area contributed by atoms with Crippen LogP contribution in [0.15, 0.2) is 30.4 Å². The maximum absolute atomic E-state index is 13.1. The molecule has 0 aliphatic heterocycles. The number of halogens is 1. The van der Waals surface area contributed by atoms with Crippen LogP contribution in [0.25, 0.3) is 0 Å². The Bertz CT molecular complexity index is 531. The Morgan fingerprint density at radius 3 is 2.85 bits per heavy atom. The highest BCUT2D eigenvalue weighted by Gasteiger charge is 2.17. The first-order chi connectivity index (χ1) is 9.41. The van der Waals surface area contributed by atoms with E-state index in [4.69, 9.17) is 4.74 Å². The topological polar surface area (TPSA) is 81.5 Å². The molecule has 1 aromatic rings. The van der Waals surface area contributed by atoms with Gasteiger partial charge in [0.1, 0.15) is 0 Å². The van der Waals surface area contributed by atoms with Crippen LogP contribution in [0.5, 0.6) is 0 Å². The summed E-state index contributed by atoms with van der Waals surface area (Å²) in [5.74, 6) is -1.50. The van der Waals surface area contributed by atoms with Crippen molar-refractivity contribution in [3.8, 4) is 0 Å². The number of benzene rings is 1. The summed E-state index contributed by atoms with van der Waals surface area (Å²) in [5.41, 5.74) is 0.166. The van der Waals surface area contributed by atoms with Crippen LogP contribution in [0.4, 0.5) is 10.1 Å². The molecule has 0 radical (unpaired) electrons. The lowest BCUT2D eigenvalue weighted by Gasteiger charge is -2.06. The number of rotatable bonds is 7. The molecule has 1 N–H and O–H groups in total. The third-order valence-corrected chi connectivity index (χ3v) is 2.29. The minimum absolute atomic E-state index is 0.0259. The van der Waals surface area contributed by atoms with Gasteiger partial charge in [0.25, 0.3) is 5.91 Å². The molecule has 0 spiro atoms. The largest absolute Gasteiger partial charge is 0.375 e. The molecule has 6 nitrogen and oxygen atoms in total. The molecular weight excluding hydrogens is 267 g/mol. The monoisotopic (exact) mass is 282 g/mol. The SMILES string of the molecule is C=C(C)COCCNC(=O)c1ccc(F)c([N+](=O)[O-])c1. The molecule has 0 fully saturated rings. The van der Waals surface area contributed by atoms with Gasteiger partial charge in [0, 0.05) is 18.2 Å². The molecule has 0 saturated carbocycles. The zero-order chi connectivity index (χ0) is 15.1. The van der Waals surface area contributed by atoms with Crippen LogP contribution in [0.1, 0.15) is 17.3 Å². The summed E-state index contributed by atoms with van der Waals surface area (Å²) >= 11 is 0. The molecule has 7 heteroatoms. The second kappa shape index (κ2) is 7.34. The number of nitrogens with one attached hydrogen (secondary N) is 1. The summed E-state index contributed by atoms with van der Waals surface area (Å²) in [4.78, 5) is 21.4. The molecule has 0 aliphatic rings. The molecular formula is C13H15FN2O4. The van der Waals surface area contributed by atoms with Crippen molar-refractivity contribution < 1.29 is 18.8 Å². The third-order valence-electron chi connectivity index (χ3n) is 2.29. The fourth-order valence-corrected chi connectivity index (χ4v) is 1.38. The Morgan fingerprint density at radius 2 is 2.25 bits per heavy atom. The van der Waals surface area contributed by atoms with E-state index < -0.39 is 22.3 Å². The van der Waals surface area contributed by atoms with Gasteiger partial charge in [-0.25, -0.2) is 0 Å². The van der Waals surface area contributed by atoms with E-state index in [1.807, 2.05) is 6.92 Å². The van der Waals surface area contributed by atoms with Crippen molar-refractivity contribution in [3.05, 3.63) is 51.8 Å². The van der Waals surface area contributed by atoms with E-state index in [-0.39, 0.29) is 12.1 Å². The van der Waals surface area contributed by atoms with Crippen LogP contribution in [-0.4, -0.2) is 30.6 Å². The van der Waals surface area contributed by atoms with E-state index >= 15 is 0 Å². The second-order valence-electron chi connectivity index (χ2n) is 4.19. The van der Waals surface area contributed by atoms with Gasteiger partial charge >= 0.3 is 5.69 Å². The van der Waals surface area contributed by atoms with Crippen LogP contribution in [0.2, 0.25) is 0 Å². The first-order valence-corrected chi connectivity index (χ1v) is 5.86.